The van der Waals surface area contributed by atoms with Crippen LogP contribution in [-0.4, -0.2) is 0 Å². The van der Waals surface area contributed by atoms with Gasteiger partial charge in [-0.05, 0) is 18.2 Å². The maximum atomic E-state index is 5.69. The quantitative estimate of drug-likeness (QED) is 0.233. The van der Waals surface area contributed by atoms with Crippen LogP contribution in [-0.2, 0) is 67.0 Å². The van der Waals surface area contributed by atoms with E-state index in [-0.39, 0.29) is 16.5 Å². The van der Waals surface area contributed by atoms with E-state index in [1.165, 1.54) is 6.07 Å². The fourth-order valence-electron chi connectivity index (χ4n) is 1.07. The first-order valence-electron chi connectivity index (χ1n) is 5.00. The van der Waals surface area contributed by atoms with Gasteiger partial charge in [-0.2, -0.15) is 19.6 Å². The molecule has 22 heavy (non-hydrogen) atoms. The van der Waals surface area contributed by atoms with Crippen LogP contribution in [0.5, 0.6) is 0 Å². The fourth-order valence-corrected chi connectivity index (χ4v) is 3.02. The van der Waals surface area contributed by atoms with Crippen LogP contribution in [0, 0.1) is 0 Å². The molecule has 2 aromatic rings. The Morgan fingerprint density at radius 1 is 0.545 bits per heavy atom. The van der Waals surface area contributed by atoms with Crippen LogP contribution in [0.1, 0.15) is 0 Å². The third-order valence-corrected chi connectivity index (χ3v) is 6.20. The van der Waals surface area contributed by atoms with Gasteiger partial charge < -0.3 is 50.5 Å². The summed E-state index contributed by atoms with van der Waals surface area (Å²) in [7, 11) is 0. The molecule has 121 valence electrons. The molecule has 0 unspecified atom stereocenters. The van der Waals surface area contributed by atoms with Gasteiger partial charge in [0.05, 0.1) is 5.02 Å². The molecule has 0 saturated carbocycles. The Bertz CT molecular complexity index is 628. The molecule has 2 rings (SSSR count). The summed E-state index contributed by atoms with van der Waals surface area (Å²) in [5, 5.41) is 2.00. The fraction of sp³-hybridized carbons (Fsp3) is 0. The molecule has 0 atom stereocenters. The van der Waals surface area contributed by atoms with Crippen molar-refractivity contribution in [2.24, 2.45) is 0 Å². The molecule has 0 spiro atoms. The summed E-state index contributed by atoms with van der Waals surface area (Å²) in [6, 6.07) is 4.77. The predicted molar refractivity (Wildman–Crippen MR) is 100 cm³/mol. The zero-order valence-electron chi connectivity index (χ0n) is 10.1. The molecule has 0 amide bonds. The van der Waals surface area contributed by atoms with Gasteiger partial charge >= 0.3 is 16.5 Å². The maximum absolute atomic E-state index is 5.69. The van der Waals surface area contributed by atoms with E-state index in [1.54, 1.807) is 12.1 Å². The first kappa shape index (κ1) is 23.3. The van der Waals surface area contributed by atoms with Crippen LogP contribution < -0.4 is 0 Å². The molecule has 0 N–H and O–H groups in total. The van der Waals surface area contributed by atoms with Crippen molar-refractivity contribution in [2.45, 2.75) is 19.6 Å². The molecular weight excluding hydrogens is 508 g/mol. The second-order valence-corrected chi connectivity index (χ2v) is 7.14. The zero-order chi connectivity index (χ0) is 16.3. The number of hydrogen-bond acceptors (Lipinski definition) is 4. The number of benzene rings is 2. The second kappa shape index (κ2) is 10.3. The molecular formula is C12H3Cl5NiS4-. The standard InChI is InChI=1S/C6H3Cl3S2.C6H4Cl2S2.Ni/c7-2-1-3(8)5(10)6(11)4(2)9;7-3-1-2-4(8)6(10)5(3)9;/h1,10-11H;1-2,9-10H;/q;;+3/p-4. The van der Waals surface area contributed by atoms with Crippen molar-refractivity contribution in [3.8, 4) is 0 Å². The number of halogens is 5. The third kappa shape index (κ3) is 5.96. The second-order valence-electron chi connectivity index (χ2n) is 3.50. The Morgan fingerprint density at radius 3 is 1.32 bits per heavy atom. The summed E-state index contributed by atoms with van der Waals surface area (Å²) in [6.07, 6.45) is 0. The molecule has 0 aliphatic rings. The molecule has 0 saturated heterocycles. The summed E-state index contributed by atoms with van der Waals surface area (Å²) in [4.78, 5) is 1.66. The maximum Gasteiger partial charge on any atom is 3.00 e. The van der Waals surface area contributed by atoms with Crippen molar-refractivity contribution in [2.75, 3.05) is 0 Å². The van der Waals surface area contributed by atoms with Crippen molar-refractivity contribution in [1.82, 2.24) is 0 Å². The largest absolute Gasteiger partial charge is 3.00 e. The monoisotopic (exact) mass is 508 g/mol. The summed E-state index contributed by atoms with van der Waals surface area (Å²) in [6.45, 7) is 0. The Kier molecular flexibility index (Phi) is 10.9. The van der Waals surface area contributed by atoms with Gasteiger partial charge in [0.2, 0.25) is 0 Å². The number of hydrogen-bond donors (Lipinski definition) is 0. The van der Waals surface area contributed by atoms with E-state index in [9.17, 15) is 0 Å². The molecule has 0 aliphatic carbocycles. The smallest absolute Gasteiger partial charge is 0.780 e. The van der Waals surface area contributed by atoms with Gasteiger partial charge in [-0.15, -0.1) is 0 Å². The van der Waals surface area contributed by atoms with Crippen molar-refractivity contribution < 1.29 is 16.5 Å². The third-order valence-electron chi connectivity index (χ3n) is 2.10. The van der Waals surface area contributed by atoms with Crippen LogP contribution in [0.2, 0.25) is 25.1 Å². The van der Waals surface area contributed by atoms with E-state index in [2.05, 4.69) is 0 Å². The molecule has 0 bridgehead atoms. The first-order chi connectivity index (χ1) is 9.66. The topological polar surface area (TPSA) is 0 Å². The predicted octanol–water partition coefficient (Wildman–Crippen LogP) is 6.26. The van der Waals surface area contributed by atoms with Gasteiger partial charge in [0, 0.05) is 20.1 Å². The van der Waals surface area contributed by atoms with Crippen molar-refractivity contribution in [1.29, 1.82) is 0 Å². The van der Waals surface area contributed by atoms with E-state index < -0.39 is 0 Å². The molecule has 0 heterocycles. The summed E-state index contributed by atoms with van der Waals surface area (Å²) >= 11 is 47.8. The van der Waals surface area contributed by atoms with E-state index in [1.807, 2.05) is 0 Å². The van der Waals surface area contributed by atoms with Gasteiger partial charge in [0.15, 0.2) is 0 Å². The molecule has 0 aromatic heterocycles. The van der Waals surface area contributed by atoms with Gasteiger partial charge in [-0.3, -0.25) is 0 Å². The van der Waals surface area contributed by atoms with Crippen LogP contribution in [0.15, 0.2) is 37.8 Å². The molecule has 2 aromatic carbocycles. The normalized spacial score (nSPS) is 9.50. The van der Waals surface area contributed by atoms with E-state index >= 15 is 0 Å². The van der Waals surface area contributed by atoms with Gasteiger partial charge in [0.25, 0.3) is 0 Å². The van der Waals surface area contributed by atoms with E-state index in [0.717, 1.165) is 0 Å². The minimum Gasteiger partial charge on any atom is -0.780 e. The Hall–Kier alpha value is 1.26. The van der Waals surface area contributed by atoms with Gasteiger partial charge in [-0.1, -0.05) is 58.0 Å². The molecule has 10 heteroatoms. The van der Waals surface area contributed by atoms with Crippen LogP contribution in [0.25, 0.3) is 0 Å². The van der Waals surface area contributed by atoms with Gasteiger partial charge in [-0.25, -0.2) is 0 Å². The Morgan fingerprint density at radius 2 is 0.909 bits per heavy atom. The van der Waals surface area contributed by atoms with Crippen molar-refractivity contribution in [3.63, 3.8) is 0 Å². The Balaban J connectivity index is 0.000000385. The zero-order valence-corrected chi connectivity index (χ0v) is 18.1. The van der Waals surface area contributed by atoms with Crippen LogP contribution >= 0.6 is 58.0 Å². The molecule has 0 aliphatic heterocycles. The molecule has 1 radical (unpaired) electrons. The first-order valence-corrected chi connectivity index (χ1v) is 8.52. The summed E-state index contributed by atoms with van der Waals surface area (Å²) < 4.78 is 0. The van der Waals surface area contributed by atoms with Crippen molar-refractivity contribution >= 4 is 109 Å². The molecule has 0 nitrogen and oxygen atoms in total. The van der Waals surface area contributed by atoms with Crippen LogP contribution in [0.3, 0.4) is 0 Å². The molecule has 0 fully saturated rings. The number of rotatable bonds is 0. The average molecular weight is 511 g/mol. The minimum absolute atomic E-state index is 0. The Labute approximate surface area is 186 Å². The van der Waals surface area contributed by atoms with E-state index in [0.29, 0.717) is 44.7 Å². The summed E-state index contributed by atoms with van der Waals surface area (Å²) in [5.74, 6) is 0. The van der Waals surface area contributed by atoms with Gasteiger partial charge in [0.1, 0.15) is 0 Å². The van der Waals surface area contributed by atoms with E-state index in [4.69, 9.17) is 109 Å². The SMILES string of the molecule is [Ni+3].[S-]c1c(Cl)cc(Cl)c(Cl)c1[S-].[S-]c1c(Cl)ccc(Cl)c1[S-]. The van der Waals surface area contributed by atoms with Crippen molar-refractivity contribution in [3.05, 3.63) is 43.3 Å². The summed E-state index contributed by atoms with van der Waals surface area (Å²) in [5.41, 5.74) is 0. The minimum atomic E-state index is 0. The average Bonchev–Trinajstić information content (AvgIpc) is 2.45. The van der Waals surface area contributed by atoms with Crippen LogP contribution in [0.4, 0.5) is 0 Å².